The van der Waals surface area contributed by atoms with Crippen molar-refractivity contribution in [1.29, 1.82) is 0 Å². The zero-order chi connectivity index (χ0) is 22.4. The first kappa shape index (κ1) is 21.0. The van der Waals surface area contributed by atoms with Crippen molar-refractivity contribution in [2.24, 2.45) is 0 Å². The van der Waals surface area contributed by atoms with Crippen LogP contribution in [0.3, 0.4) is 0 Å². The molecule has 8 heteroatoms. The zero-order valence-corrected chi connectivity index (χ0v) is 20.8. The normalized spacial score (nSPS) is 13.5. The lowest BCUT2D eigenvalue weighted by atomic mass is 9.97. The van der Waals surface area contributed by atoms with E-state index in [1.54, 1.807) is 11.3 Å². The molecule has 0 saturated heterocycles. The van der Waals surface area contributed by atoms with Crippen LogP contribution in [0.2, 0.25) is 0 Å². The largest absolute Gasteiger partial charge is 0.293 e. The number of fused-ring (bicyclic) bond motifs is 5. The van der Waals surface area contributed by atoms with Gasteiger partial charge in [-0.05, 0) is 43.4 Å². The summed E-state index contributed by atoms with van der Waals surface area (Å²) in [5.74, 6) is 1.17. The van der Waals surface area contributed by atoms with Crippen LogP contribution >= 0.6 is 39.0 Å². The SMILES string of the molecule is O=C(CSc1nnc2c3c4c(sc3nc(-c3ccccc3)n12)CCCC4)c1ccc(Br)cc1. The highest BCUT2D eigenvalue weighted by Crippen LogP contribution is 2.39. The topological polar surface area (TPSA) is 60.2 Å². The predicted octanol–water partition coefficient (Wildman–Crippen LogP) is 6.62. The van der Waals surface area contributed by atoms with E-state index in [-0.39, 0.29) is 11.5 Å². The molecule has 6 rings (SSSR count). The minimum Gasteiger partial charge on any atom is -0.293 e. The van der Waals surface area contributed by atoms with Gasteiger partial charge in [0.2, 0.25) is 0 Å². The van der Waals surface area contributed by atoms with Gasteiger partial charge in [-0.1, -0.05) is 70.2 Å². The second-order valence-corrected chi connectivity index (χ2v) is 11.0. The highest BCUT2D eigenvalue weighted by atomic mass is 79.9. The molecule has 0 N–H and O–H groups in total. The lowest BCUT2D eigenvalue weighted by molar-refractivity contribution is 0.102. The predicted molar refractivity (Wildman–Crippen MR) is 137 cm³/mol. The minimum atomic E-state index is 0.0625. The molecule has 0 bridgehead atoms. The molecule has 0 aliphatic heterocycles. The second kappa shape index (κ2) is 8.66. The molecule has 2 aromatic carbocycles. The zero-order valence-electron chi connectivity index (χ0n) is 17.6. The van der Waals surface area contributed by atoms with Gasteiger partial charge in [-0.15, -0.1) is 21.5 Å². The van der Waals surface area contributed by atoms with Crippen molar-refractivity contribution < 1.29 is 4.79 Å². The Bertz CT molecular complexity index is 1490. The summed E-state index contributed by atoms with van der Waals surface area (Å²) in [6.45, 7) is 0. The van der Waals surface area contributed by atoms with Gasteiger partial charge in [0.1, 0.15) is 10.7 Å². The number of carbonyl (C=O) groups excluding carboxylic acids is 1. The van der Waals surface area contributed by atoms with Crippen molar-refractivity contribution in [3.63, 3.8) is 0 Å². The van der Waals surface area contributed by atoms with Gasteiger partial charge in [-0.3, -0.25) is 9.20 Å². The van der Waals surface area contributed by atoms with Gasteiger partial charge in [-0.2, -0.15) is 0 Å². The number of halogens is 1. The molecule has 0 atom stereocenters. The monoisotopic (exact) mass is 534 g/mol. The number of benzene rings is 2. The average molecular weight is 535 g/mol. The van der Waals surface area contributed by atoms with E-state index in [0.717, 1.165) is 44.6 Å². The lowest BCUT2D eigenvalue weighted by Crippen LogP contribution is -2.04. The Hall–Kier alpha value is -2.55. The van der Waals surface area contributed by atoms with Crippen molar-refractivity contribution in [1.82, 2.24) is 19.6 Å². The standard InChI is InChI=1S/C25H19BrN4OS2/c26-17-12-10-15(11-13-17)19(31)14-32-25-29-28-23-21-18-8-4-5-9-20(18)33-24(21)27-22(30(23)25)16-6-2-1-3-7-16/h1-3,6-7,10-13H,4-5,8-9,14H2. The average Bonchev–Trinajstić information content (AvgIpc) is 3.44. The van der Waals surface area contributed by atoms with E-state index >= 15 is 0 Å². The van der Waals surface area contributed by atoms with Crippen LogP contribution in [0.15, 0.2) is 64.2 Å². The van der Waals surface area contributed by atoms with E-state index in [2.05, 4.69) is 38.3 Å². The number of aryl methyl sites for hydroxylation is 2. The molecule has 0 radical (unpaired) electrons. The molecule has 0 amide bonds. The Morgan fingerprint density at radius 3 is 2.64 bits per heavy atom. The van der Waals surface area contributed by atoms with Crippen LogP contribution in [0.25, 0.3) is 27.3 Å². The molecule has 1 aliphatic carbocycles. The van der Waals surface area contributed by atoms with E-state index in [0.29, 0.717) is 10.7 Å². The third-order valence-corrected chi connectivity index (χ3v) is 8.60. The van der Waals surface area contributed by atoms with E-state index in [1.165, 1.54) is 35.0 Å². The van der Waals surface area contributed by atoms with Crippen LogP contribution in [-0.2, 0) is 12.8 Å². The quantitative estimate of drug-likeness (QED) is 0.187. The maximum atomic E-state index is 12.8. The van der Waals surface area contributed by atoms with Gasteiger partial charge in [0.05, 0.1) is 11.1 Å². The Kier molecular flexibility index (Phi) is 5.52. The first-order valence-electron chi connectivity index (χ1n) is 10.9. The van der Waals surface area contributed by atoms with Crippen molar-refractivity contribution in [3.05, 3.63) is 75.1 Å². The molecule has 5 nitrogen and oxygen atoms in total. The summed E-state index contributed by atoms with van der Waals surface area (Å²) < 4.78 is 3.00. The van der Waals surface area contributed by atoms with Gasteiger partial charge >= 0.3 is 0 Å². The number of Topliss-reactive ketones (excluding diaryl/α,β-unsaturated/α-hetero) is 1. The highest BCUT2D eigenvalue weighted by molar-refractivity contribution is 9.10. The smallest absolute Gasteiger partial charge is 0.197 e. The minimum absolute atomic E-state index is 0.0625. The van der Waals surface area contributed by atoms with Crippen molar-refractivity contribution >= 4 is 60.7 Å². The number of rotatable bonds is 5. The number of thioether (sulfide) groups is 1. The van der Waals surface area contributed by atoms with Crippen LogP contribution in [0.4, 0.5) is 0 Å². The molecule has 3 heterocycles. The fourth-order valence-electron chi connectivity index (χ4n) is 4.35. The van der Waals surface area contributed by atoms with Crippen LogP contribution < -0.4 is 0 Å². The van der Waals surface area contributed by atoms with E-state index < -0.39 is 0 Å². The summed E-state index contributed by atoms with van der Waals surface area (Å²) in [6.07, 6.45) is 4.60. The number of thiophene rings is 1. The number of hydrogen-bond acceptors (Lipinski definition) is 6. The van der Waals surface area contributed by atoms with Crippen molar-refractivity contribution in [2.45, 2.75) is 30.8 Å². The molecule has 0 unspecified atom stereocenters. The van der Waals surface area contributed by atoms with Gasteiger partial charge < -0.3 is 0 Å². The van der Waals surface area contributed by atoms with E-state index in [4.69, 9.17) is 4.98 Å². The fourth-order valence-corrected chi connectivity index (χ4v) is 6.70. The summed E-state index contributed by atoms with van der Waals surface area (Å²) in [6, 6.07) is 17.6. The van der Waals surface area contributed by atoms with Gasteiger partial charge in [0.15, 0.2) is 16.6 Å². The summed E-state index contributed by atoms with van der Waals surface area (Å²) in [7, 11) is 0. The Balaban J connectivity index is 1.47. The number of hydrogen-bond donors (Lipinski definition) is 0. The maximum Gasteiger partial charge on any atom is 0.197 e. The highest BCUT2D eigenvalue weighted by Gasteiger charge is 2.24. The van der Waals surface area contributed by atoms with E-state index in [1.807, 2.05) is 46.9 Å². The van der Waals surface area contributed by atoms with Crippen LogP contribution in [-0.4, -0.2) is 31.1 Å². The van der Waals surface area contributed by atoms with E-state index in [9.17, 15) is 4.79 Å². The third kappa shape index (κ3) is 3.80. The van der Waals surface area contributed by atoms with Crippen LogP contribution in [0, 0.1) is 0 Å². The van der Waals surface area contributed by atoms with Crippen LogP contribution in [0.1, 0.15) is 33.6 Å². The number of nitrogens with zero attached hydrogens (tertiary/aromatic N) is 4. The van der Waals surface area contributed by atoms with Gasteiger partial charge in [0, 0.05) is 20.5 Å². The molecule has 164 valence electrons. The van der Waals surface area contributed by atoms with Crippen molar-refractivity contribution in [3.8, 4) is 11.4 Å². The molecular weight excluding hydrogens is 516 g/mol. The lowest BCUT2D eigenvalue weighted by Gasteiger charge is -2.11. The molecule has 33 heavy (non-hydrogen) atoms. The molecule has 0 saturated carbocycles. The number of ketones is 1. The van der Waals surface area contributed by atoms with Crippen LogP contribution in [0.5, 0.6) is 0 Å². The molecule has 0 fully saturated rings. The Labute approximate surface area is 207 Å². The molecule has 5 aromatic rings. The summed E-state index contributed by atoms with van der Waals surface area (Å²) in [5.41, 5.74) is 3.93. The molecule has 3 aromatic heterocycles. The Morgan fingerprint density at radius 2 is 1.82 bits per heavy atom. The third-order valence-electron chi connectivity index (χ3n) is 5.96. The number of carbonyl (C=O) groups is 1. The van der Waals surface area contributed by atoms with Gasteiger partial charge in [-0.25, -0.2) is 4.98 Å². The second-order valence-electron chi connectivity index (χ2n) is 8.05. The fraction of sp³-hybridized carbons (Fsp3) is 0.200. The molecular formula is C25H19BrN4OS2. The molecule has 1 aliphatic rings. The molecule has 0 spiro atoms. The summed E-state index contributed by atoms with van der Waals surface area (Å²) >= 11 is 6.63. The van der Waals surface area contributed by atoms with Crippen molar-refractivity contribution in [2.75, 3.05) is 5.75 Å². The first-order valence-corrected chi connectivity index (χ1v) is 13.4. The summed E-state index contributed by atoms with van der Waals surface area (Å²) in [5, 5.41) is 11.0. The summed E-state index contributed by atoms with van der Waals surface area (Å²) in [4.78, 5) is 20.4. The number of aromatic nitrogens is 4. The Morgan fingerprint density at radius 1 is 1.03 bits per heavy atom. The first-order chi connectivity index (χ1) is 16.2. The van der Waals surface area contributed by atoms with Gasteiger partial charge in [0.25, 0.3) is 0 Å². The maximum absolute atomic E-state index is 12.8.